The molecule has 0 amide bonds. The average molecular weight is 273 g/mol. The lowest BCUT2D eigenvalue weighted by atomic mass is 10.1. The number of hydrogen-bond acceptors (Lipinski definition) is 1. The predicted octanol–water partition coefficient (Wildman–Crippen LogP) is 2.98. The minimum Gasteiger partial charge on any atom is -0.322 e. The first-order valence-corrected chi connectivity index (χ1v) is 4.21. The quantitative estimate of drug-likeness (QED) is 0.880. The molecule has 5 heteroatoms. The van der Waals surface area contributed by atoms with Crippen LogP contribution in [0.5, 0.6) is 0 Å². The summed E-state index contributed by atoms with van der Waals surface area (Å²) in [5, 5.41) is 0. The van der Waals surface area contributed by atoms with Crippen molar-refractivity contribution in [2.75, 3.05) is 6.67 Å². The zero-order valence-electron chi connectivity index (χ0n) is 6.64. The Morgan fingerprint density at radius 2 is 2.08 bits per heavy atom. The van der Waals surface area contributed by atoms with Gasteiger partial charge >= 0.3 is 0 Å². The Kier molecular flexibility index (Phi) is 5.44. The minimum atomic E-state index is -0.873. The first kappa shape index (κ1) is 12.8. The summed E-state index contributed by atoms with van der Waals surface area (Å²) < 4.78 is 25.5. The molecule has 1 unspecified atom stereocenters. The van der Waals surface area contributed by atoms with Crippen LogP contribution in [0.1, 0.15) is 11.6 Å². The molecule has 2 N–H and O–H groups in total. The monoisotopic (exact) mass is 271 g/mol. The SMILES string of the molecule is Cl.NC(CF)c1cccc(Br)c1F. The Morgan fingerprint density at radius 3 is 2.62 bits per heavy atom. The van der Waals surface area contributed by atoms with Crippen molar-refractivity contribution in [2.45, 2.75) is 6.04 Å². The van der Waals surface area contributed by atoms with Gasteiger partial charge in [0.1, 0.15) is 12.5 Å². The van der Waals surface area contributed by atoms with Gasteiger partial charge in [0.25, 0.3) is 0 Å². The lowest BCUT2D eigenvalue weighted by Gasteiger charge is -2.08. The van der Waals surface area contributed by atoms with Crippen molar-refractivity contribution in [1.29, 1.82) is 0 Å². The molecule has 0 fully saturated rings. The highest BCUT2D eigenvalue weighted by Gasteiger charge is 2.12. The maximum Gasteiger partial charge on any atom is 0.142 e. The fourth-order valence-corrected chi connectivity index (χ4v) is 1.27. The molecule has 0 saturated heterocycles. The van der Waals surface area contributed by atoms with Gasteiger partial charge in [0.2, 0.25) is 0 Å². The third kappa shape index (κ3) is 2.90. The highest BCUT2D eigenvalue weighted by Crippen LogP contribution is 2.22. The van der Waals surface area contributed by atoms with Crippen LogP contribution in [0.3, 0.4) is 0 Å². The Balaban J connectivity index is 0.00000144. The Bertz CT molecular complexity index is 283. The molecule has 1 rings (SSSR count). The van der Waals surface area contributed by atoms with E-state index in [0.29, 0.717) is 4.47 Å². The largest absolute Gasteiger partial charge is 0.322 e. The van der Waals surface area contributed by atoms with Gasteiger partial charge in [-0.15, -0.1) is 12.4 Å². The maximum atomic E-state index is 13.1. The summed E-state index contributed by atoms with van der Waals surface area (Å²) in [6, 6.07) is 3.77. The van der Waals surface area contributed by atoms with E-state index in [9.17, 15) is 8.78 Å². The van der Waals surface area contributed by atoms with Crippen LogP contribution in [-0.4, -0.2) is 6.67 Å². The lowest BCUT2D eigenvalue weighted by Crippen LogP contribution is -2.14. The van der Waals surface area contributed by atoms with Crippen LogP contribution in [-0.2, 0) is 0 Å². The third-order valence-electron chi connectivity index (χ3n) is 1.55. The molecule has 0 heterocycles. The lowest BCUT2D eigenvalue weighted by molar-refractivity contribution is 0.426. The van der Waals surface area contributed by atoms with Gasteiger partial charge in [-0.3, -0.25) is 0 Å². The molecular weight excluding hydrogens is 263 g/mol. The third-order valence-corrected chi connectivity index (χ3v) is 2.16. The summed E-state index contributed by atoms with van der Waals surface area (Å²) in [6.45, 7) is -0.757. The topological polar surface area (TPSA) is 26.0 Å². The van der Waals surface area contributed by atoms with Gasteiger partial charge in [-0.25, -0.2) is 8.78 Å². The molecular formula is C8H9BrClF2N. The molecule has 0 aromatic heterocycles. The highest BCUT2D eigenvalue weighted by molar-refractivity contribution is 9.10. The summed E-state index contributed by atoms with van der Waals surface area (Å²) in [4.78, 5) is 0. The minimum absolute atomic E-state index is 0. The highest BCUT2D eigenvalue weighted by atomic mass is 79.9. The van der Waals surface area contributed by atoms with E-state index in [0.717, 1.165) is 0 Å². The second-order valence-corrected chi connectivity index (χ2v) is 3.26. The van der Waals surface area contributed by atoms with E-state index in [4.69, 9.17) is 5.73 Å². The Hall–Kier alpha value is -0.190. The van der Waals surface area contributed by atoms with Crippen molar-refractivity contribution in [3.8, 4) is 0 Å². The van der Waals surface area contributed by atoms with Crippen LogP contribution in [0, 0.1) is 5.82 Å². The van der Waals surface area contributed by atoms with E-state index in [2.05, 4.69) is 15.9 Å². The van der Waals surface area contributed by atoms with Crippen LogP contribution in [0.2, 0.25) is 0 Å². The van der Waals surface area contributed by atoms with E-state index in [-0.39, 0.29) is 18.0 Å². The molecule has 0 aliphatic heterocycles. The average Bonchev–Trinajstić information content (AvgIpc) is 2.08. The van der Waals surface area contributed by atoms with E-state index in [1.807, 2.05) is 0 Å². The predicted molar refractivity (Wildman–Crippen MR) is 54.3 cm³/mol. The summed E-state index contributed by atoms with van der Waals surface area (Å²) in [5.41, 5.74) is 5.53. The molecule has 0 aliphatic carbocycles. The van der Waals surface area contributed by atoms with Gasteiger partial charge in [-0.1, -0.05) is 12.1 Å². The van der Waals surface area contributed by atoms with Crippen molar-refractivity contribution in [1.82, 2.24) is 0 Å². The Labute approximate surface area is 89.9 Å². The van der Waals surface area contributed by atoms with E-state index in [1.165, 1.54) is 6.07 Å². The first-order valence-electron chi connectivity index (χ1n) is 3.42. The van der Waals surface area contributed by atoms with Gasteiger partial charge in [-0.05, 0) is 22.0 Å². The molecule has 0 spiro atoms. The second kappa shape index (κ2) is 5.52. The maximum absolute atomic E-state index is 13.1. The number of rotatable bonds is 2. The number of halogens is 4. The summed E-state index contributed by atoms with van der Waals surface area (Å²) in [7, 11) is 0. The summed E-state index contributed by atoms with van der Waals surface area (Å²) in [5.74, 6) is -0.484. The van der Waals surface area contributed by atoms with E-state index >= 15 is 0 Å². The Morgan fingerprint density at radius 1 is 1.46 bits per heavy atom. The van der Waals surface area contributed by atoms with Crippen molar-refractivity contribution < 1.29 is 8.78 Å². The van der Waals surface area contributed by atoms with Crippen LogP contribution < -0.4 is 5.73 Å². The van der Waals surface area contributed by atoms with Crippen molar-refractivity contribution in [2.24, 2.45) is 5.73 Å². The molecule has 0 bridgehead atoms. The normalized spacial score (nSPS) is 12.0. The molecule has 0 radical (unpaired) electrons. The smallest absolute Gasteiger partial charge is 0.142 e. The first-order chi connectivity index (χ1) is 5.66. The fourth-order valence-electron chi connectivity index (χ4n) is 0.890. The van der Waals surface area contributed by atoms with Gasteiger partial charge in [-0.2, -0.15) is 0 Å². The molecule has 1 nitrogen and oxygen atoms in total. The van der Waals surface area contributed by atoms with E-state index in [1.54, 1.807) is 12.1 Å². The van der Waals surface area contributed by atoms with Gasteiger partial charge < -0.3 is 5.73 Å². The van der Waals surface area contributed by atoms with Crippen molar-refractivity contribution in [3.05, 3.63) is 34.1 Å². The fraction of sp³-hybridized carbons (Fsp3) is 0.250. The van der Waals surface area contributed by atoms with Crippen molar-refractivity contribution >= 4 is 28.3 Å². The van der Waals surface area contributed by atoms with Crippen LogP contribution in [0.4, 0.5) is 8.78 Å². The standard InChI is InChI=1S/C8H8BrF2N.ClH/c9-6-3-1-2-5(8(6)11)7(12)4-10;/h1-3,7H,4,12H2;1H. The van der Waals surface area contributed by atoms with Crippen LogP contribution >= 0.6 is 28.3 Å². The zero-order valence-corrected chi connectivity index (χ0v) is 9.04. The molecule has 0 aliphatic rings. The van der Waals surface area contributed by atoms with Gasteiger partial charge in [0.05, 0.1) is 10.5 Å². The van der Waals surface area contributed by atoms with Crippen LogP contribution in [0.25, 0.3) is 0 Å². The van der Waals surface area contributed by atoms with E-state index < -0.39 is 18.5 Å². The summed E-state index contributed by atoms with van der Waals surface area (Å²) >= 11 is 2.99. The molecule has 13 heavy (non-hydrogen) atoms. The van der Waals surface area contributed by atoms with Crippen molar-refractivity contribution in [3.63, 3.8) is 0 Å². The number of hydrogen-bond donors (Lipinski definition) is 1. The molecule has 0 saturated carbocycles. The molecule has 1 atom stereocenters. The number of alkyl halides is 1. The number of nitrogens with two attached hydrogens (primary N) is 1. The van der Waals surface area contributed by atoms with Gasteiger partial charge in [0.15, 0.2) is 0 Å². The van der Waals surface area contributed by atoms with Gasteiger partial charge in [0, 0.05) is 5.56 Å². The summed E-state index contributed by atoms with van der Waals surface area (Å²) in [6.07, 6.45) is 0. The molecule has 1 aromatic carbocycles. The zero-order chi connectivity index (χ0) is 9.14. The second-order valence-electron chi connectivity index (χ2n) is 2.40. The molecule has 74 valence electrons. The molecule has 1 aromatic rings. The van der Waals surface area contributed by atoms with Crippen LogP contribution in [0.15, 0.2) is 22.7 Å². The number of benzene rings is 1.